The molecule has 0 aliphatic heterocycles. The number of aliphatic carboxylic acids is 1. The quantitative estimate of drug-likeness (QED) is 0.868. The first-order valence-corrected chi connectivity index (χ1v) is 6.27. The molecule has 1 saturated carbocycles. The highest BCUT2D eigenvalue weighted by atomic mass is 16.4. The van der Waals surface area contributed by atoms with E-state index in [2.05, 4.69) is 25.8 Å². The van der Waals surface area contributed by atoms with E-state index in [0.29, 0.717) is 18.5 Å². The summed E-state index contributed by atoms with van der Waals surface area (Å²) >= 11 is 0. The van der Waals surface area contributed by atoms with Crippen molar-refractivity contribution in [2.75, 3.05) is 6.54 Å². The molecule has 1 aromatic heterocycles. The molecule has 0 atom stereocenters. The van der Waals surface area contributed by atoms with Gasteiger partial charge in [-0.15, -0.1) is 0 Å². The maximum absolute atomic E-state index is 10.8. The monoisotopic (exact) mass is 252 g/mol. The van der Waals surface area contributed by atoms with Gasteiger partial charge in [-0.1, -0.05) is 20.8 Å². The Morgan fingerprint density at radius 2 is 2.22 bits per heavy atom. The van der Waals surface area contributed by atoms with Crippen molar-refractivity contribution in [2.24, 2.45) is 0 Å². The Kier molecular flexibility index (Phi) is 3.43. The molecule has 5 heteroatoms. The molecule has 0 spiro atoms. The van der Waals surface area contributed by atoms with Crippen molar-refractivity contribution < 1.29 is 14.3 Å². The van der Waals surface area contributed by atoms with Crippen LogP contribution in [0.1, 0.15) is 45.3 Å². The van der Waals surface area contributed by atoms with Gasteiger partial charge in [0.05, 0.1) is 19.3 Å². The molecule has 1 aliphatic rings. The first-order chi connectivity index (χ1) is 8.36. The second-order valence-corrected chi connectivity index (χ2v) is 5.90. The summed E-state index contributed by atoms with van der Waals surface area (Å²) in [5.74, 6) is 0.640. The van der Waals surface area contributed by atoms with Crippen LogP contribution in [0.25, 0.3) is 0 Å². The molecule has 1 fully saturated rings. The third-order valence-corrected chi connectivity index (χ3v) is 3.03. The normalized spacial score (nSPS) is 16.2. The van der Waals surface area contributed by atoms with Gasteiger partial charge in [0.25, 0.3) is 0 Å². The second-order valence-electron chi connectivity index (χ2n) is 5.90. The van der Waals surface area contributed by atoms with Gasteiger partial charge in [0.2, 0.25) is 5.89 Å². The number of hydrogen-bond acceptors (Lipinski definition) is 4. The summed E-state index contributed by atoms with van der Waals surface area (Å²) in [6, 6.07) is 0.381. The highest BCUT2D eigenvalue weighted by molar-refractivity contribution is 5.69. The topological polar surface area (TPSA) is 66.6 Å². The lowest BCUT2D eigenvalue weighted by atomic mass is 9.94. The molecule has 2 rings (SSSR count). The number of carbonyl (C=O) groups is 1. The van der Waals surface area contributed by atoms with E-state index in [-0.39, 0.29) is 12.0 Å². The standard InChI is InChI=1S/C13H20N2O3/c1-13(2,3)10-6-14-11(18-10)7-15(8-12(16)17)9-4-5-9/h6,9H,4-5,7-8H2,1-3H3,(H,16,17). The summed E-state index contributed by atoms with van der Waals surface area (Å²) in [6.45, 7) is 6.72. The smallest absolute Gasteiger partial charge is 0.317 e. The van der Waals surface area contributed by atoms with Crippen molar-refractivity contribution in [1.82, 2.24) is 9.88 Å². The molecule has 1 aromatic rings. The van der Waals surface area contributed by atoms with Gasteiger partial charge in [-0.05, 0) is 12.8 Å². The lowest BCUT2D eigenvalue weighted by molar-refractivity contribution is -0.138. The molecule has 5 nitrogen and oxygen atoms in total. The van der Waals surface area contributed by atoms with Crippen LogP contribution in [0, 0.1) is 0 Å². The predicted octanol–water partition coefficient (Wildman–Crippen LogP) is 2.02. The van der Waals surface area contributed by atoms with Crippen LogP contribution >= 0.6 is 0 Å². The van der Waals surface area contributed by atoms with Gasteiger partial charge in [0.1, 0.15) is 5.76 Å². The van der Waals surface area contributed by atoms with E-state index >= 15 is 0 Å². The zero-order chi connectivity index (χ0) is 13.3. The molecule has 0 aromatic carbocycles. The molecule has 1 N–H and O–H groups in total. The second kappa shape index (κ2) is 4.72. The summed E-state index contributed by atoms with van der Waals surface area (Å²) < 4.78 is 5.69. The van der Waals surface area contributed by atoms with Crippen molar-refractivity contribution in [2.45, 2.75) is 51.6 Å². The molecule has 18 heavy (non-hydrogen) atoms. The maximum atomic E-state index is 10.8. The third kappa shape index (κ3) is 3.32. The van der Waals surface area contributed by atoms with Crippen LogP contribution in [0.2, 0.25) is 0 Å². The van der Waals surface area contributed by atoms with Gasteiger partial charge in [-0.2, -0.15) is 0 Å². The van der Waals surface area contributed by atoms with Crippen molar-refractivity contribution in [3.8, 4) is 0 Å². The van der Waals surface area contributed by atoms with Crippen LogP contribution in [0.5, 0.6) is 0 Å². The number of nitrogens with zero attached hydrogens (tertiary/aromatic N) is 2. The van der Waals surface area contributed by atoms with Crippen LogP contribution in [-0.2, 0) is 16.8 Å². The maximum Gasteiger partial charge on any atom is 0.317 e. The molecular weight excluding hydrogens is 232 g/mol. The first-order valence-electron chi connectivity index (χ1n) is 6.27. The van der Waals surface area contributed by atoms with E-state index in [1.54, 1.807) is 6.20 Å². The van der Waals surface area contributed by atoms with Crippen molar-refractivity contribution >= 4 is 5.97 Å². The van der Waals surface area contributed by atoms with Crippen LogP contribution in [0.4, 0.5) is 0 Å². The number of oxazole rings is 1. The predicted molar refractivity (Wildman–Crippen MR) is 66.3 cm³/mol. The third-order valence-electron chi connectivity index (χ3n) is 3.03. The molecule has 1 aliphatic carbocycles. The highest BCUT2D eigenvalue weighted by Crippen LogP contribution is 2.29. The SMILES string of the molecule is CC(C)(C)c1cnc(CN(CC(=O)O)C2CC2)o1. The van der Waals surface area contributed by atoms with Crippen molar-refractivity contribution in [3.63, 3.8) is 0 Å². The van der Waals surface area contributed by atoms with E-state index in [1.165, 1.54) is 0 Å². The van der Waals surface area contributed by atoms with Gasteiger partial charge in [-0.3, -0.25) is 9.69 Å². The molecule has 0 bridgehead atoms. The van der Waals surface area contributed by atoms with E-state index in [4.69, 9.17) is 9.52 Å². The zero-order valence-electron chi connectivity index (χ0n) is 11.1. The van der Waals surface area contributed by atoms with Crippen LogP contribution < -0.4 is 0 Å². The van der Waals surface area contributed by atoms with Gasteiger partial charge < -0.3 is 9.52 Å². The Hall–Kier alpha value is -1.36. The molecule has 0 saturated heterocycles. The van der Waals surface area contributed by atoms with Crippen molar-refractivity contribution in [1.29, 1.82) is 0 Å². The van der Waals surface area contributed by atoms with Crippen molar-refractivity contribution in [3.05, 3.63) is 17.8 Å². The Bertz CT molecular complexity index is 430. The van der Waals surface area contributed by atoms with Gasteiger partial charge in [0, 0.05) is 11.5 Å². The van der Waals surface area contributed by atoms with E-state index in [0.717, 1.165) is 18.6 Å². The first kappa shape index (κ1) is 13.1. The Morgan fingerprint density at radius 3 is 2.67 bits per heavy atom. The molecule has 1 heterocycles. The summed E-state index contributed by atoms with van der Waals surface area (Å²) in [5.41, 5.74) is -0.0670. The largest absolute Gasteiger partial charge is 0.480 e. The van der Waals surface area contributed by atoms with E-state index in [9.17, 15) is 4.79 Å². The average molecular weight is 252 g/mol. The minimum absolute atomic E-state index is 0.0535. The van der Waals surface area contributed by atoms with Gasteiger partial charge in [0.15, 0.2) is 0 Å². The fraction of sp³-hybridized carbons (Fsp3) is 0.692. The average Bonchev–Trinajstić information content (AvgIpc) is 2.96. The zero-order valence-corrected chi connectivity index (χ0v) is 11.1. The number of aromatic nitrogens is 1. The molecule has 100 valence electrons. The number of carboxylic acids is 1. The van der Waals surface area contributed by atoms with Crippen LogP contribution in [-0.4, -0.2) is 33.5 Å². The molecule has 0 radical (unpaired) electrons. The number of carboxylic acid groups (broad SMARTS) is 1. The Balaban J connectivity index is 2.02. The lowest BCUT2D eigenvalue weighted by Gasteiger charge is -2.17. The van der Waals surface area contributed by atoms with Crippen LogP contribution in [0.3, 0.4) is 0 Å². The van der Waals surface area contributed by atoms with E-state index in [1.807, 2.05) is 4.90 Å². The Morgan fingerprint density at radius 1 is 1.56 bits per heavy atom. The lowest BCUT2D eigenvalue weighted by Crippen LogP contribution is -2.31. The van der Waals surface area contributed by atoms with Gasteiger partial charge >= 0.3 is 5.97 Å². The molecule has 0 unspecified atom stereocenters. The number of rotatable bonds is 5. The fourth-order valence-corrected chi connectivity index (χ4v) is 1.83. The molecule has 0 amide bonds. The molecular formula is C13H20N2O3. The highest BCUT2D eigenvalue weighted by Gasteiger charge is 2.31. The summed E-state index contributed by atoms with van der Waals surface area (Å²) in [4.78, 5) is 17.0. The summed E-state index contributed by atoms with van der Waals surface area (Å²) in [5, 5.41) is 8.88. The fourth-order valence-electron chi connectivity index (χ4n) is 1.83. The summed E-state index contributed by atoms with van der Waals surface area (Å²) in [7, 11) is 0. The van der Waals surface area contributed by atoms with E-state index < -0.39 is 5.97 Å². The minimum Gasteiger partial charge on any atom is -0.480 e. The van der Waals surface area contributed by atoms with Crippen LogP contribution in [0.15, 0.2) is 10.6 Å². The minimum atomic E-state index is -0.801. The number of hydrogen-bond donors (Lipinski definition) is 1. The van der Waals surface area contributed by atoms with Gasteiger partial charge in [-0.25, -0.2) is 4.98 Å². The Labute approximate surface area is 107 Å². The summed E-state index contributed by atoms with van der Waals surface area (Å²) in [6.07, 6.45) is 3.88.